The van der Waals surface area contributed by atoms with Crippen LogP contribution in [0.1, 0.15) is 24.5 Å². The van der Waals surface area contributed by atoms with Gasteiger partial charge in [-0.3, -0.25) is 0 Å². The van der Waals surface area contributed by atoms with Gasteiger partial charge in [0.2, 0.25) is 0 Å². The van der Waals surface area contributed by atoms with Crippen LogP contribution in [0.5, 0.6) is 11.5 Å². The van der Waals surface area contributed by atoms with Crippen LogP contribution in [-0.4, -0.2) is 18.1 Å². The van der Waals surface area contributed by atoms with E-state index in [1.165, 1.54) is 0 Å². The summed E-state index contributed by atoms with van der Waals surface area (Å²) in [5, 5.41) is 6.47. The molecule has 6 heteroatoms. The Morgan fingerprint density at radius 3 is 2.86 bits per heavy atom. The molecule has 2 rings (SSSR count). The van der Waals surface area contributed by atoms with Gasteiger partial charge in [-0.15, -0.1) is 11.3 Å². The van der Waals surface area contributed by atoms with Crippen LogP contribution in [0, 0.1) is 0 Å². The smallest absolute Gasteiger partial charge is 0.134 e. The van der Waals surface area contributed by atoms with Crippen molar-refractivity contribution in [3.8, 4) is 11.5 Å². The Morgan fingerprint density at radius 1 is 1.38 bits per heavy atom. The van der Waals surface area contributed by atoms with Crippen LogP contribution in [0.15, 0.2) is 28.1 Å². The Hall–Kier alpha value is -1.11. The van der Waals surface area contributed by atoms with Crippen LogP contribution in [-0.2, 0) is 13.2 Å². The lowest BCUT2D eigenvalue weighted by atomic mass is 10.3. The predicted molar refractivity (Wildman–Crippen MR) is 89.1 cm³/mol. The second-order valence-electron chi connectivity index (χ2n) is 4.85. The molecule has 21 heavy (non-hydrogen) atoms. The van der Waals surface area contributed by atoms with Crippen LogP contribution >= 0.6 is 27.3 Å². The van der Waals surface area contributed by atoms with Crippen molar-refractivity contribution in [2.75, 3.05) is 7.11 Å². The molecule has 0 amide bonds. The highest BCUT2D eigenvalue weighted by Crippen LogP contribution is 2.29. The quantitative estimate of drug-likeness (QED) is 0.799. The fourth-order valence-electron chi connectivity index (χ4n) is 1.67. The largest absolute Gasteiger partial charge is 0.497 e. The molecule has 2 aromatic rings. The topological polar surface area (TPSA) is 43.4 Å². The molecule has 0 unspecified atom stereocenters. The summed E-state index contributed by atoms with van der Waals surface area (Å²) in [5.74, 6) is 1.58. The van der Waals surface area contributed by atoms with Gasteiger partial charge in [0.15, 0.2) is 0 Å². The van der Waals surface area contributed by atoms with Gasteiger partial charge in [0.1, 0.15) is 23.1 Å². The monoisotopic (exact) mass is 370 g/mol. The molecule has 0 atom stereocenters. The minimum atomic E-state index is 0.461. The van der Waals surface area contributed by atoms with E-state index in [2.05, 4.69) is 40.1 Å². The summed E-state index contributed by atoms with van der Waals surface area (Å²) in [6, 6.07) is 6.10. The molecule has 0 aliphatic rings. The third-order valence-electron chi connectivity index (χ3n) is 2.78. The number of nitrogens with one attached hydrogen (secondary N) is 1. The van der Waals surface area contributed by atoms with Gasteiger partial charge in [0, 0.05) is 18.0 Å². The summed E-state index contributed by atoms with van der Waals surface area (Å²) in [4.78, 5) is 4.55. The highest BCUT2D eigenvalue weighted by Gasteiger charge is 2.06. The van der Waals surface area contributed by atoms with Crippen molar-refractivity contribution in [1.29, 1.82) is 0 Å². The van der Waals surface area contributed by atoms with Crippen molar-refractivity contribution >= 4 is 27.3 Å². The summed E-state index contributed by atoms with van der Waals surface area (Å²) in [7, 11) is 1.64. The SMILES string of the molecule is COc1ccc(OCc2csc(CNC(C)C)n2)c(Br)c1. The number of aromatic nitrogens is 1. The van der Waals surface area contributed by atoms with Crippen LogP contribution in [0.2, 0.25) is 0 Å². The highest BCUT2D eigenvalue weighted by molar-refractivity contribution is 9.10. The number of methoxy groups -OCH3 is 1. The van der Waals surface area contributed by atoms with E-state index < -0.39 is 0 Å². The number of nitrogens with zero attached hydrogens (tertiary/aromatic N) is 1. The lowest BCUT2D eigenvalue weighted by molar-refractivity contribution is 0.299. The van der Waals surface area contributed by atoms with Gasteiger partial charge in [0.05, 0.1) is 17.3 Å². The van der Waals surface area contributed by atoms with E-state index in [9.17, 15) is 0 Å². The summed E-state index contributed by atoms with van der Waals surface area (Å²) in [5.41, 5.74) is 0.947. The average molecular weight is 371 g/mol. The minimum absolute atomic E-state index is 0.461. The zero-order chi connectivity index (χ0) is 15.2. The highest BCUT2D eigenvalue weighted by atomic mass is 79.9. The van der Waals surface area contributed by atoms with E-state index in [-0.39, 0.29) is 0 Å². The average Bonchev–Trinajstić information content (AvgIpc) is 2.91. The Labute approximate surface area is 137 Å². The van der Waals surface area contributed by atoms with E-state index in [0.29, 0.717) is 12.6 Å². The van der Waals surface area contributed by atoms with Crippen LogP contribution < -0.4 is 14.8 Å². The molecule has 1 N–H and O–H groups in total. The minimum Gasteiger partial charge on any atom is -0.497 e. The first-order valence-electron chi connectivity index (χ1n) is 6.71. The van der Waals surface area contributed by atoms with Gasteiger partial charge >= 0.3 is 0 Å². The van der Waals surface area contributed by atoms with Crippen molar-refractivity contribution in [2.24, 2.45) is 0 Å². The summed E-state index contributed by atoms with van der Waals surface area (Å²) in [6.07, 6.45) is 0. The third-order valence-corrected chi connectivity index (χ3v) is 4.29. The number of thiazole rings is 1. The first kappa shape index (κ1) is 16.3. The molecule has 0 aliphatic carbocycles. The van der Waals surface area contributed by atoms with Gasteiger partial charge in [-0.25, -0.2) is 4.98 Å². The summed E-state index contributed by atoms with van der Waals surface area (Å²) in [6.45, 7) is 5.51. The molecule has 0 aliphatic heterocycles. The molecule has 0 fully saturated rings. The first-order valence-corrected chi connectivity index (χ1v) is 8.38. The molecule has 114 valence electrons. The number of rotatable bonds is 7. The Balaban J connectivity index is 1.91. The van der Waals surface area contributed by atoms with Gasteiger partial charge in [-0.05, 0) is 34.1 Å². The van der Waals surface area contributed by atoms with E-state index in [1.807, 2.05) is 23.6 Å². The van der Waals surface area contributed by atoms with Gasteiger partial charge in [-0.1, -0.05) is 13.8 Å². The zero-order valence-electron chi connectivity index (χ0n) is 12.4. The number of halogens is 1. The maximum atomic E-state index is 5.78. The van der Waals surface area contributed by atoms with Gasteiger partial charge in [-0.2, -0.15) is 0 Å². The third kappa shape index (κ3) is 4.98. The van der Waals surface area contributed by atoms with Gasteiger partial charge in [0.25, 0.3) is 0 Å². The van der Waals surface area contributed by atoms with Crippen molar-refractivity contribution in [3.05, 3.63) is 38.8 Å². The van der Waals surface area contributed by atoms with Crippen LogP contribution in [0.25, 0.3) is 0 Å². The van der Waals surface area contributed by atoms with Crippen molar-refractivity contribution in [3.63, 3.8) is 0 Å². The van der Waals surface area contributed by atoms with Crippen LogP contribution in [0.4, 0.5) is 0 Å². The molecule has 0 spiro atoms. The van der Waals surface area contributed by atoms with Gasteiger partial charge < -0.3 is 14.8 Å². The maximum absolute atomic E-state index is 5.78. The lowest BCUT2D eigenvalue weighted by Gasteiger charge is -2.08. The predicted octanol–water partition coefficient (Wildman–Crippen LogP) is 3.99. The molecule has 1 aromatic heterocycles. The molecule has 4 nitrogen and oxygen atoms in total. The Kier molecular flexibility index (Phi) is 6.02. The first-order chi connectivity index (χ1) is 10.1. The maximum Gasteiger partial charge on any atom is 0.134 e. The lowest BCUT2D eigenvalue weighted by Crippen LogP contribution is -2.21. The van der Waals surface area contributed by atoms with Crippen molar-refractivity contribution in [1.82, 2.24) is 10.3 Å². The second-order valence-corrected chi connectivity index (χ2v) is 6.65. The fourth-order valence-corrected chi connectivity index (χ4v) is 2.87. The van der Waals surface area contributed by atoms with Crippen molar-refractivity contribution in [2.45, 2.75) is 33.0 Å². The van der Waals surface area contributed by atoms with E-state index in [1.54, 1.807) is 18.4 Å². The summed E-state index contributed by atoms with van der Waals surface area (Å²) >= 11 is 5.13. The molecule has 0 saturated carbocycles. The molecule has 1 heterocycles. The molecule has 0 saturated heterocycles. The Morgan fingerprint density at radius 2 is 2.19 bits per heavy atom. The zero-order valence-corrected chi connectivity index (χ0v) is 14.8. The molecule has 0 radical (unpaired) electrons. The molecular formula is C15H19BrN2O2S. The summed E-state index contributed by atoms with van der Waals surface area (Å²) < 4.78 is 11.8. The molecule has 0 bridgehead atoms. The van der Waals surface area contributed by atoms with E-state index in [0.717, 1.165) is 33.2 Å². The second kappa shape index (κ2) is 7.77. The fraction of sp³-hybridized carbons (Fsp3) is 0.400. The van der Waals surface area contributed by atoms with Crippen LogP contribution in [0.3, 0.4) is 0 Å². The van der Waals surface area contributed by atoms with E-state index >= 15 is 0 Å². The normalized spacial score (nSPS) is 10.9. The Bertz CT molecular complexity index is 587. The number of benzene rings is 1. The number of hydrogen-bond donors (Lipinski definition) is 1. The van der Waals surface area contributed by atoms with Crippen molar-refractivity contribution < 1.29 is 9.47 Å². The standard InChI is InChI=1S/C15H19BrN2O2S/c1-10(2)17-7-15-18-11(9-21-15)8-20-14-5-4-12(19-3)6-13(14)16/h4-6,9-10,17H,7-8H2,1-3H3. The molecular weight excluding hydrogens is 352 g/mol. The number of ether oxygens (including phenoxy) is 2. The number of hydrogen-bond acceptors (Lipinski definition) is 5. The van der Waals surface area contributed by atoms with E-state index in [4.69, 9.17) is 9.47 Å². The molecule has 1 aromatic carbocycles.